The van der Waals surface area contributed by atoms with Crippen molar-refractivity contribution >= 4 is 10.9 Å². The summed E-state index contributed by atoms with van der Waals surface area (Å²) in [6, 6.07) is 8.55. The van der Waals surface area contributed by atoms with Crippen LogP contribution in [0.15, 0.2) is 30.5 Å². The van der Waals surface area contributed by atoms with Gasteiger partial charge in [0.1, 0.15) is 0 Å². The number of para-hydroxylation sites is 1. The molecule has 0 fully saturated rings. The van der Waals surface area contributed by atoms with Crippen LogP contribution in [0.5, 0.6) is 0 Å². The third kappa shape index (κ3) is 3.39. The zero-order chi connectivity index (χ0) is 13.7. The fraction of sp³-hybridized carbons (Fsp3) is 0.412. The first-order valence-corrected chi connectivity index (χ1v) is 6.89. The van der Waals surface area contributed by atoms with Crippen molar-refractivity contribution in [3.8, 4) is 11.8 Å². The third-order valence-electron chi connectivity index (χ3n) is 3.17. The molecular formula is C17H22N2. The van der Waals surface area contributed by atoms with Gasteiger partial charge in [-0.25, -0.2) is 0 Å². The van der Waals surface area contributed by atoms with Gasteiger partial charge in [-0.2, -0.15) is 0 Å². The van der Waals surface area contributed by atoms with Crippen LogP contribution < -0.4 is 5.32 Å². The Morgan fingerprint density at radius 1 is 1.26 bits per heavy atom. The van der Waals surface area contributed by atoms with Crippen molar-refractivity contribution in [3.05, 3.63) is 36.0 Å². The van der Waals surface area contributed by atoms with Crippen LogP contribution in [-0.2, 0) is 13.1 Å². The molecule has 0 amide bonds. The first-order chi connectivity index (χ1) is 9.22. The third-order valence-corrected chi connectivity index (χ3v) is 3.17. The second kappa shape index (κ2) is 6.45. The second-order valence-electron chi connectivity index (χ2n) is 5.25. The van der Waals surface area contributed by atoms with E-state index in [0.717, 1.165) is 19.6 Å². The number of benzene rings is 1. The first kappa shape index (κ1) is 13.7. The van der Waals surface area contributed by atoms with Gasteiger partial charge in [-0.1, -0.05) is 38.0 Å². The molecule has 1 aromatic heterocycles. The largest absolute Gasteiger partial charge is 0.335 e. The molecule has 0 bridgehead atoms. The van der Waals surface area contributed by atoms with Crippen LogP contribution in [-0.4, -0.2) is 11.1 Å². The van der Waals surface area contributed by atoms with E-state index >= 15 is 0 Å². The topological polar surface area (TPSA) is 17.0 Å². The summed E-state index contributed by atoms with van der Waals surface area (Å²) in [5.74, 6) is 6.78. The molecule has 0 aliphatic rings. The van der Waals surface area contributed by atoms with Gasteiger partial charge < -0.3 is 9.88 Å². The molecule has 0 saturated carbocycles. The van der Waals surface area contributed by atoms with Crippen molar-refractivity contribution in [2.45, 2.75) is 33.9 Å². The molecule has 100 valence electrons. The van der Waals surface area contributed by atoms with E-state index in [-0.39, 0.29) is 0 Å². The monoisotopic (exact) mass is 254 g/mol. The molecule has 0 aliphatic carbocycles. The summed E-state index contributed by atoms with van der Waals surface area (Å²) in [6.07, 6.45) is 2.22. The lowest BCUT2D eigenvalue weighted by molar-refractivity contribution is 0.553. The lowest BCUT2D eigenvalue weighted by Gasteiger charge is -2.06. The minimum atomic E-state index is 0.680. The Morgan fingerprint density at radius 2 is 2.05 bits per heavy atom. The fourth-order valence-electron chi connectivity index (χ4n) is 2.25. The highest BCUT2D eigenvalue weighted by Gasteiger charge is 2.07. The molecule has 0 aliphatic heterocycles. The van der Waals surface area contributed by atoms with E-state index in [9.17, 15) is 0 Å². The molecule has 2 heteroatoms. The van der Waals surface area contributed by atoms with Crippen LogP contribution in [0.3, 0.4) is 0 Å². The second-order valence-corrected chi connectivity index (χ2v) is 5.25. The van der Waals surface area contributed by atoms with E-state index in [0.29, 0.717) is 5.92 Å². The molecule has 0 spiro atoms. The summed E-state index contributed by atoms with van der Waals surface area (Å²) in [4.78, 5) is 0. The predicted octanol–water partition coefficient (Wildman–Crippen LogP) is 3.41. The van der Waals surface area contributed by atoms with Gasteiger partial charge in [0.25, 0.3) is 0 Å². The Hall–Kier alpha value is -1.72. The Morgan fingerprint density at radius 3 is 2.79 bits per heavy atom. The smallest absolute Gasteiger partial charge is 0.0837 e. The van der Waals surface area contributed by atoms with Crippen molar-refractivity contribution in [3.63, 3.8) is 0 Å². The molecule has 0 radical (unpaired) electrons. The van der Waals surface area contributed by atoms with Crippen LogP contribution in [0, 0.1) is 17.8 Å². The Bertz CT molecular complexity index is 596. The number of hydrogen-bond donors (Lipinski definition) is 1. The average Bonchev–Trinajstić information content (AvgIpc) is 2.75. The quantitative estimate of drug-likeness (QED) is 0.809. The molecule has 1 heterocycles. The molecule has 2 aromatic rings. The van der Waals surface area contributed by atoms with Gasteiger partial charge in [0, 0.05) is 23.6 Å². The molecule has 19 heavy (non-hydrogen) atoms. The van der Waals surface area contributed by atoms with E-state index in [4.69, 9.17) is 0 Å². The van der Waals surface area contributed by atoms with Gasteiger partial charge in [-0.3, -0.25) is 0 Å². The van der Waals surface area contributed by atoms with Crippen molar-refractivity contribution < 1.29 is 0 Å². The van der Waals surface area contributed by atoms with Crippen LogP contribution in [0.1, 0.15) is 26.3 Å². The maximum absolute atomic E-state index is 3.51. The van der Waals surface area contributed by atoms with Gasteiger partial charge >= 0.3 is 0 Å². The Kier molecular flexibility index (Phi) is 4.65. The van der Waals surface area contributed by atoms with Crippen LogP contribution >= 0.6 is 0 Å². The predicted molar refractivity (Wildman–Crippen MR) is 81.9 cm³/mol. The number of fused-ring (bicyclic) bond motifs is 1. The summed E-state index contributed by atoms with van der Waals surface area (Å²) >= 11 is 0. The van der Waals surface area contributed by atoms with Crippen molar-refractivity contribution in [2.75, 3.05) is 6.54 Å². The molecule has 2 rings (SSSR count). The van der Waals surface area contributed by atoms with E-state index < -0.39 is 0 Å². The number of nitrogens with zero attached hydrogens (tertiary/aromatic N) is 1. The Labute approximate surface area is 115 Å². The van der Waals surface area contributed by atoms with Gasteiger partial charge in [0.05, 0.1) is 6.54 Å². The minimum absolute atomic E-state index is 0.680. The van der Waals surface area contributed by atoms with Gasteiger partial charge in [0.2, 0.25) is 0 Å². The highest BCUT2D eigenvalue weighted by Crippen LogP contribution is 2.21. The molecule has 0 atom stereocenters. The first-order valence-electron chi connectivity index (χ1n) is 6.89. The van der Waals surface area contributed by atoms with Crippen LogP contribution in [0.4, 0.5) is 0 Å². The van der Waals surface area contributed by atoms with Gasteiger partial charge in [-0.05, 0) is 31.0 Å². The average molecular weight is 254 g/mol. The zero-order valence-electron chi connectivity index (χ0n) is 12.0. The van der Waals surface area contributed by atoms with Crippen molar-refractivity contribution in [1.29, 1.82) is 0 Å². The summed E-state index contributed by atoms with van der Waals surface area (Å²) < 4.78 is 2.23. The lowest BCUT2D eigenvalue weighted by Crippen LogP contribution is -2.18. The maximum atomic E-state index is 3.51. The van der Waals surface area contributed by atoms with E-state index in [2.05, 4.69) is 66.0 Å². The van der Waals surface area contributed by atoms with Gasteiger partial charge in [0.15, 0.2) is 0 Å². The Balaban J connectivity index is 2.24. The highest BCUT2D eigenvalue weighted by molar-refractivity contribution is 5.84. The highest BCUT2D eigenvalue weighted by atomic mass is 15.0. The zero-order valence-corrected chi connectivity index (χ0v) is 12.0. The fourth-order valence-corrected chi connectivity index (χ4v) is 2.25. The molecular weight excluding hydrogens is 232 g/mol. The summed E-state index contributed by atoms with van der Waals surface area (Å²) in [7, 11) is 0. The summed E-state index contributed by atoms with van der Waals surface area (Å²) in [6.45, 7) is 9.08. The maximum Gasteiger partial charge on any atom is 0.0837 e. The normalized spacial score (nSPS) is 10.7. The molecule has 0 unspecified atom stereocenters. The van der Waals surface area contributed by atoms with Gasteiger partial charge in [-0.15, -0.1) is 5.92 Å². The van der Waals surface area contributed by atoms with Crippen LogP contribution in [0.25, 0.3) is 10.9 Å². The molecule has 1 N–H and O–H groups in total. The number of aromatic nitrogens is 1. The SMILES string of the molecule is CC#CCn1cc(CNCC(C)C)c2ccccc21. The lowest BCUT2D eigenvalue weighted by atomic mass is 10.1. The summed E-state index contributed by atoms with van der Waals surface area (Å²) in [5.41, 5.74) is 2.63. The molecule has 0 saturated heterocycles. The molecule has 1 aromatic carbocycles. The summed E-state index contributed by atoms with van der Waals surface area (Å²) in [5, 5.41) is 4.84. The van der Waals surface area contributed by atoms with E-state index in [1.165, 1.54) is 16.5 Å². The number of rotatable bonds is 5. The van der Waals surface area contributed by atoms with E-state index in [1.807, 2.05) is 6.92 Å². The van der Waals surface area contributed by atoms with Crippen molar-refractivity contribution in [2.24, 2.45) is 5.92 Å². The standard InChI is InChI=1S/C17H22N2/c1-4-5-10-19-13-15(12-18-11-14(2)3)16-8-6-7-9-17(16)19/h6-9,13-14,18H,10-12H2,1-3H3. The number of nitrogens with one attached hydrogen (secondary N) is 1. The van der Waals surface area contributed by atoms with E-state index in [1.54, 1.807) is 0 Å². The minimum Gasteiger partial charge on any atom is -0.335 e. The van der Waals surface area contributed by atoms with Crippen molar-refractivity contribution in [1.82, 2.24) is 9.88 Å². The molecule has 2 nitrogen and oxygen atoms in total. The van der Waals surface area contributed by atoms with Crippen LogP contribution in [0.2, 0.25) is 0 Å². The number of hydrogen-bond acceptors (Lipinski definition) is 1.